The van der Waals surface area contributed by atoms with Gasteiger partial charge in [-0.1, -0.05) is 146 Å². The lowest BCUT2D eigenvalue weighted by Crippen LogP contribution is -2.15. The molecule has 0 N–H and O–H groups in total. The van der Waals surface area contributed by atoms with E-state index in [4.69, 9.17) is 14.7 Å². The second-order valence-corrected chi connectivity index (χ2v) is 15.0. The third kappa shape index (κ3) is 5.33. The maximum atomic E-state index is 6.60. The predicted octanol–water partition coefficient (Wildman–Crippen LogP) is 14.5. The standard InChI is InChI=1S/C54H34N4O/c1-3-16-36(17-4-1)53-43-23-9-10-25-44(43)55-54(56-53)58-47-27-14-24-42(52(47)51-41-22-8-7-15-35(41)29-32-48(51)58)39-19-13-18-37(33-39)38-30-31-46-50(34-38)59-49-28-12-11-26-45(49)57(46)40-20-5-2-6-21-40/h1-34H. The van der Waals surface area contributed by atoms with Crippen LogP contribution in [-0.4, -0.2) is 14.5 Å². The smallest absolute Gasteiger partial charge is 0.235 e. The Morgan fingerprint density at radius 3 is 1.98 bits per heavy atom. The summed E-state index contributed by atoms with van der Waals surface area (Å²) in [6.07, 6.45) is 0. The molecule has 0 amide bonds. The van der Waals surface area contributed by atoms with E-state index in [1.165, 1.54) is 21.5 Å². The summed E-state index contributed by atoms with van der Waals surface area (Å²) >= 11 is 0. The molecule has 9 aromatic carbocycles. The van der Waals surface area contributed by atoms with Crippen molar-refractivity contribution in [3.8, 4) is 51.0 Å². The Hall–Kier alpha value is -8.02. The zero-order valence-electron chi connectivity index (χ0n) is 31.8. The minimum absolute atomic E-state index is 0.643. The molecule has 2 aromatic heterocycles. The van der Waals surface area contributed by atoms with Gasteiger partial charge in [0.25, 0.3) is 0 Å². The van der Waals surface area contributed by atoms with Crippen LogP contribution in [0.2, 0.25) is 0 Å². The SMILES string of the molecule is c1ccc(-c2nc(-n3c4cccc(-c5cccc(-c6ccc7c(c6)Oc6ccccc6N7c6ccccc6)c5)c4c4c5ccccc5ccc43)nc3ccccc23)cc1. The Kier molecular flexibility index (Phi) is 7.47. The molecule has 0 aliphatic carbocycles. The quantitative estimate of drug-likeness (QED) is 0.175. The van der Waals surface area contributed by atoms with Gasteiger partial charge < -0.3 is 9.64 Å². The normalized spacial score (nSPS) is 12.2. The molecule has 0 spiro atoms. The maximum absolute atomic E-state index is 6.60. The van der Waals surface area contributed by atoms with E-state index in [0.717, 1.165) is 84.0 Å². The van der Waals surface area contributed by atoms with Crippen molar-refractivity contribution in [3.63, 3.8) is 0 Å². The monoisotopic (exact) mass is 754 g/mol. The van der Waals surface area contributed by atoms with Gasteiger partial charge >= 0.3 is 0 Å². The van der Waals surface area contributed by atoms with Crippen molar-refractivity contribution in [3.05, 3.63) is 206 Å². The lowest BCUT2D eigenvalue weighted by Gasteiger charge is -2.33. The molecule has 12 rings (SSSR count). The molecular formula is C54H34N4O. The van der Waals surface area contributed by atoms with Crippen molar-refractivity contribution in [1.29, 1.82) is 0 Å². The number of fused-ring (bicyclic) bond motifs is 8. The van der Waals surface area contributed by atoms with Crippen LogP contribution in [0.15, 0.2) is 206 Å². The summed E-state index contributed by atoms with van der Waals surface area (Å²) < 4.78 is 8.86. The van der Waals surface area contributed by atoms with Crippen LogP contribution in [0.1, 0.15) is 0 Å². The van der Waals surface area contributed by atoms with Crippen LogP contribution in [0.25, 0.3) is 82.9 Å². The molecular weight excluding hydrogens is 721 g/mol. The molecule has 0 unspecified atom stereocenters. The number of benzene rings is 9. The average Bonchev–Trinajstić information content (AvgIpc) is 3.66. The second-order valence-electron chi connectivity index (χ2n) is 15.0. The number of aromatic nitrogens is 3. The van der Waals surface area contributed by atoms with E-state index in [-0.39, 0.29) is 0 Å². The van der Waals surface area contributed by atoms with Gasteiger partial charge in [-0.25, -0.2) is 9.97 Å². The average molecular weight is 755 g/mol. The van der Waals surface area contributed by atoms with Gasteiger partial charge in [0.05, 0.1) is 33.6 Å². The van der Waals surface area contributed by atoms with Crippen LogP contribution in [0.4, 0.5) is 17.1 Å². The molecule has 0 atom stereocenters. The first kappa shape index (κ1) is 33.2. The van der Waals surface area contributed by atoms with Gasteiger partial charge in [0.15, 0.2) is 11.5 Å². The summed E-state index contributed by atoms with van der Waals surface area (Å²) in [6, 6.07) is 72.5. The molecule has 59 heavy (non-hydrogen) atoms. The maximum Gasteiger partial charge on any atom is 0.235 e. The Bertz CT molecular complexity index is 3430. The molecule has 0 saturated carbocycles. The van der Waals surface area contributed by atoms with E-state index in [1.54, 1.807) is 0 Å². The third-order valence-electron chi connectivity index (χ3n) is 11.6. The minimum Gasteiger partial charge on any atom is -0.453 e. The van der Waals surface area contributed by atoms with Crippen LogP contribution < -0.4 is 9.64 Å². The second kappa shape index (κ2) is 13.3. The summed E-state index contributed by atoms with van der Waals surface area (Å²) in [5.41, 5.74) is 12.6. The topological polar surface area (TPSA) is 43.2 Å². The van der Waals surface area contributed by atoms with Crippen LogP contribution in [0.3, 0.4) is 0 Å². The highest BCUT2D eigenvalue weighted by molar-refractivity contribution is 6.25. The van der Waals surface area contributed by atoms with E-state index >= 15 is 0 Å². The number of ether oxygens (including phenoxy) is 1. The predicted molar refractivity (Wildman–Crippen MR) is 242 cm³/mol. The van der Waals surface area contributed by atoms with Gasteiger partial charge in [-0.2, -0.15) is 0 Å². The zero-order chi connectivity index (χ0) is 38.9. The van der Waals surface area contributed by atoms with Crippen LogP contribution in [0, 0.1) is 0 Å². The highest BCUT2D eigenvalue weighted by Crippen LogP contribution is 2.51. The molecule has 0 bridgehead atoms. The Morgan fingerprint density at radius 1 is 0.407 bits per heavy atom. The molecule has 0 fully saturated rings. The molecule has 1 aliphatic heterocycles. The first-order valence-corrected chi connectivity index (χ1v) is 19.9. The number of nitrogens with zero attached hydrogens (tertiary/aromatic N) is 4. The molecule has 3 heterocycles. The van der Waals surface area contributed by atoms with Crippen molar-refractivity contribution in [2.45, 2.75) is 0 Å². The van der Waals surface area contributed by atoms with E-state index in [1.807, 2.05) is 30.3 Å². The molecule has 276 valence electrons. The highest BCUT2D eigenvalue weighted by Gasteiger charge is 2.26. The Balaban J connectivity index is 1.05. The molecule has 5 nitrogen and oxygen atoms in total. The molecule has 5 heteroatoms. The van der Waals surface area contributed by atoms with Gasteiger partial charge in [-0.05, 0) is 93.7 Å². The first-order valence-electron chi connectivity index (χ1n) is 19.9. The summed E-state index contributed by atoms with van der Waals surface area (Å²) in [6.45, 7) is 0. The number of hydrogen-bond donors (Lipinski definition) is 0. The van der Waals surface area contributed by atoms with Crippen molar-refractivity contribution >= 4 is 60.5 Å². The summed E-state index contributed by atoms with van der Waals surface area (Å²) in [4.78, 5) is 12.9. The van der Waals surface area contributed by atoms with Crippen LogP contribution in [-0.2, 0) is 0 Å². The fraction of sp³-hybridized carbons (Fsp3) is 0. The summed E-state index contributed by atoms with van der Waals surface area (Å²) in [7, 11) is 0. The lowest BCUT2D eigenvalue weighted by molar-refractivity contribution is 0.477. The fourth-order valence-corrected chi connectivity index (χ4v) is 8.92. The van der Waals surface area contributed by atoms with Gasteiger partial charge in [-0.15, -0.1) is 0 Å². The van der Waals surface area contributed by atoms with Crippen LogP contribution >= 0.6 is 0 Å². The van der Waals surface area contributed by atoms with Gasteiger partial charge in [0.1, 0.15) is 0 Å². The van der Waals surface area contributed by atoms with E-state index < -0.39 is 0 Å². The molecule has 0 radical (unpaired) electrons. The first-order chi connectivity index (χ1) is 29.3. The minimum atomic E-state index is 0.643. The van der Waals surface area contributed by atoms with Gasteiger partial charge in [-0.3, -0.25) is 4.57 Å². The van der Waals surface area contributed by atoms with Crippen molar-refractivity contribution < 1.29 is 4.74 Å². The molecule has 11 aromatic rings. The number of hydrogen-bond acceptors (Lipinski definition) is 4. The number of para-hydroxylation sites is 4. The third-order valence-corrected chi connectivity index (χ3v) is 11.6. The van der Waals surface area contributed by atoms with Crippen molar-refractivity contribution in [2.24, 2.45) is 0 Å². The number of rotatable bonds is 5. The van der Waals surface area contributed by atoms with Crippen LogP contribution in [0.5, 0.6) is 11.5 Å². The zero-order valence-corrected chi connectivity index (χ0v) is 31.8. The Morgan fingerprint density at radius 2 is 1.08 bits per heavy atom. The lowest BCUT2D eigenvalue weighted by atomic mass is 9.94. The molecule has 1 aliphatic rings. The van der Waals surface area contributed by atoms with E-state index in [2.05, 4.69) is 185 Å². The van der Waals surface area contributed by atoms with E-state index in [9.17, 15) is 0 Å². The summed E-state index contributed by atoms with van der Waals surface area (Å²) in [5, 5.41) is 5.75. The van der Waals surface area contributed by atoms with Crippen molar-refractivity contribution in [2.75, 3.05) is 4.90 Å². The summed E-state index contributed by atoms with van der Waals surface area (Å²) in [5.74, 6) is 2.29. The highest BCUT2D eigenvalue weighted by atomic mass is 16.5. The number of anilines is 3. The fourth-order valence-electron chi connectivity index (χ4n) is 8.92. The molecule has 0 saturated heterocycles. The van der Waals surface area contributed by atoms with Gasteiger partial charge in [0.2, 0.25) is 5.95 Å². The van der Waals surface area contributed by atoms with Gasteiger partial charge in [0, 0.05) is 27.4 Å². The Labute approximate surface area is 340 Å². The van der Waals surface area contributed by atoms with E-state index in [0.29, 0.717) is 5.95 Å². The van der Waals surface area contributed by atoms with Crippen molar-refractivity contribution in [1.82, 2.24) is 14.5 Å². The largest absolute Gasteiger partial charge is 0.453 e.